The molecular weight excluding hydrogens is 376 g/mol. The average molecular weight is 411 g/mol. The minimum Gasteiger partial charge on any atom is -0.497 e. The molecule has 30 heavy (non-hydrogen) atoms. The number of carbonyl (C=O) groups excluding carboxylic acids is 1. The van der Waals surface area contributed by atoms with Gasteiger partial charge in [-0.15, -0.1) is 0 Å². The van der Waals surface area contributed by atoms with Gasteiger partial charge in [0.05, 0.1) is 20.3 Å². The van der Waals surface area contributed by atoms with E-state index in [1.165, 1.54) is 0 Å². The molecule has 0 amide bonds. The lowest BCUT2D eigenvalue weighted by molar-refractivity contribution is 0.104. The maximum Gasteiger partial charge on any atom is 0.185 e. The van der Waals surface area contributed by atoms with Gasteiger partial charge in [-0.05, 0) is 66.3 Å². The molecule has 0 N–H and O–H groups in total. The third-order valence-electron chi connectivity index (χ3n) is 4.56. The van der Waals surface area contributed by atoms with E-state index in [0.717, 1.165) is 41.2 Å². The molecule has 0 spiro atoms. The normalized spacial score (nSPS) is 11.5. The first kappa shape index (κ1) is 23.5. The Hall–Kier alpha value is -2.75. The molecule has 2 rings (SSSR count). The van der Waals surface area contributed by atoms with Crippen LogP contribution in [-0.4, -0.2) is 26.1 Å². The van der Waals surface area contributed by atoms with Crippen LogP contribution in [0.4, 0.5) is 0 Å². The highest BCUT2D eigenvalue weighted by molar-refractivity contribution is 6.06. The summed E-state index contributed by atoms with van der Waals surface area (Å²) in [4.78, 5) is 12.6. The van der Waals surface area contributed by atoms with E-state index in [0.29, 0.717) is 18.8 Å². The number of rotatable bonds is 10. The van der Waals surface area contributed by atoms with Crippen molar-refractivity contribution in [2.45, 2.75) is 52.9 Å². The Morgan fingerprint density at radius 1 is 0.933 bits per heavy atom. The SMILES string of the molecule is CCCOc1cc(C=CC(=O)c2ccc(OC)cc2)cc(OCCC)c1C(C)(C)C. The lowest BCUT2D eigenvalue weighted by Gasteiger charge is -2.26. The molecule has 0 fully saturated rings. The predicted octanol–water partition coefficient (Wildman–Crippen LogP) is 6.47. The molecule has 2 aromatic rings. The number of benzene rings is 2. The van der Waals surface area contributed by atoms with Crippen molar-refractivity contribution < 1.29 is 19.0 Å². The van der Waals surface area contributed by atoms with Crippen molar-refractivity contribution in [2.24, 2.45) is 0 Å². The summed E-state index contributed by atoms with van der Waals surface area (Å²) < 4.78 is 17.3. The topological polar surface area (TPSA) is 44.8 Å². The Morgan fingerprint density at radius 2 is 1.47 bits per heavy atom. The van der Waals surface area contributed by atoms with Crippen molar-refractivity contribution in [3.8, 4) is 17.2 Å². The molecule has 0 aromatic heterocycles. The molecule has 0 aliphatic carbocycles. The fraction of sp³-hybridized carbons (Fsp3) is 0.423. The summed E-state index contributed by atoms with van der Waals surface area (Å²) in [6, 6.07) is 11.1. The second-order valence-corrected chi connectivity index (χ2v) is 8.27. The number of hydrogen-bond donors (Lipinski definition) is 0. The van der Waals surface area contributed by atoms with Gasteiger partial charge in [0.25, 0.3) is 0 Å². The highest BCUT2D eigenvalue weighted by atomic mass is 16.5. The fourth-order valence-corrected chi connectivity index (χ4v) is 3.12. The van der Waals surface area contributed by atoms with Crippen LogP contribution in [0.5, 0.6) is 17.2 Å². The number of ketones is 1. The van der Waals surface area contributed by atoms with Gasteiger partial charge in [-0.25, -0.2) is 0 Å². The smallest absolute Gasteiger partial charge is 0.185 e. The van der Waals surface area contributed by atoms with E-state index in [1.807, 2.05) is 18.2 Å². The minimum absolute atomic E-state index is 0.0652. The quantitative estimate of drug-likeness (QED) is 0.333. The van der Waals surface area contributed by atoms with Gasteiger partial charge in [0.15, 0.2) is 5.78 Å². The van der Waals surface area contributed by atoms with Crippen LogP contribution in [0.25, 0.3) is 6.08 Å². The van der Waals surface area contributed by atoms with Crippen LogP contribution in [0.15, 0.2) is 42.5 Å². The summed E-state index contributed by atoms with van der Waals surface area (Å²) >= 11 is 0. The van der Waals surface area contributed by atoms with Crippen LogP contribution in [-0.2, 0) is 5.41 Å². The fourth-order valence-electron chi connectivity index (χ4n) is 3.12. The van der Waals surface area contributed by atoms with Crippen molar-refractivity contribution in [3.05, 3.63) is 59.2 Å². The van der Waals surface area contributed by atoms with Crippen LogP contribution < -0.4 is 14.2 Å². The molecule has 0 radical (unpaired) electrons. The van der Waals surface area contributed by atoms with E-state index in [9.17, 15) is 4.79 Å². The second-order valence-electron chi connectivity index (χ2n) is 8.27. The highest BCUT2D eigenvalue weighted by Crippen LogP contribution is 2.40. The maximum atomic E-state index is 12.6. The molecule has 0 saturated carbocycles. The second kappa shape index (κ2) is 10.9. The number of methoxy groups -OCH3 is 1. The molecule has 0 bridgehead atoms. The first-order valence-corrected chi connectivity index (χ1v) is 10.6. The van der Waals surface area contributed by atoms with Crippen molar-refractivity contribution in [1.29, 1.82) is 0 Å². The summed E-state index contributed by atoms with van der Waals surface area (Å²) in [6.45, 7) is 11.9. The molecule has 0 saturated heterocycles. The average Bonchev–Trinajstić information content (AvgIpc) is 2.73. The summed E-state index contributed by atoms with van der Waals surface area (Å²) in [6.07, 6.45) is 5.24. The van der Waals surface area contributed by atoms with Crippen LogP contribution in [0.2, 0.25) is 0 Å². The van der Waals surface area contributed by atoms with Crippen molar-refractivity contribution in [2.75, 3.05) is 20.3 Å². The molecule has 0 heterocycles. The largest absolute Gasteiger partial charge is 0.497 e. The summed E-state index contributed by atoms with van der Waals surface area (Å²) in [7, 11) is 1.61. The molecule has 4 heteroatoms. The minimum atomic E-state index is -0.132. The van der Waals surface area contributed by atoms with Crippen LogP contribution >= 0.6 is 0 Å². The molecule has 0 aliphatic heterocycles. The van der Waals surface area contributed by atoms with Gasteiger partial charge in [-0.2, -0.15) is 0 Å². The zero-order valence-corrected chi connectivity index (χ0v) is 19.1. The van der Waals surface area contributed by atoms with Crippen molar-refractivity contribution in [1.82, 2.24) is 0 Å². The van der Waals surface area contributed by atoms with E-state index in [4.69, 9.17) is 14.2 Å². The van der Waals surface area contributed by atoms with Gasteiger partial charge in [-0.1, -0.05) is 40.7 Å². The molecule has 0 atom stereocenters. The maximum absolute atomic E-state index is 12.6. The first-order valence-electron chi connectivity index (χ1n) is 10.6. The number of carbonyl (C=O) groups is 1. The molecule has 0 unspecified atom stereocenters. The van der Waals surface area contributed by atoms with Gasteiger partial charge in [0, 0.05) is 11.1 Å². The van der Waals surface area contributed by atoms with Gasteiger partial charge in [0.2, 0.25) is 0 Å². The Labute approximate surface area is 180 Å². The standard InChI is InChI=1S/C26H34O4/c1-7-15-29-23-17-19(18-24(30-16-8-2)25(23)26(3,4)5)9-14-22(27)20-10-12-21(28-6)13-11-20/h9-14,17-18H,7-8,15-16H2,1-6H3. The Balaban J connectivity index is 2.39. The molecule has 4 nitrogen and oxygen atoms in total. The van der Waals surface area contributed by atoms with E-state index >= 15 is 0 Å². The lowest BCUT2D eigenvalue weighted by Crippen LogP contribution is -2.16. The van der Waals surface area contributed by atoms with E-state index in [2.05, 4.69) is 34.6 Å². The molecule has 0 aliphatic rings. The van der Waals surface area contributed by atoms with Gasteiger partial charge in [0.1, 0.15) is 17.2 Å². The third kappa shape index (κ3) is 6.38. The molecule has 162 valence electrons. The number of allylic oxidation sites excluding steroid dienone is 1. The summed E-state index contributed by atoms with van der Waals surface area (Å²) in [5, 5.41) is 0. The van der Waals surface area contributed by atoms with Gasteiger partial charge < -0.3 is 14.2 Å². The Bertz CT molecular complexity index is 829. The van der Waals surface area contributed by atoms with E-state index < -0.39 is 0 Å². The lowest BCUT2D eigenvalue weighted by atomic mass is 9.84. The molecule has 2 aromatic carbocycles. The zero-order valence-electron chi connectivity index (χ0n) is 19.1. The number of ether oxygens (including phenoxy) is 3. The van der Waals surface area contributed by atoms with Crippen molar-refractivity contribution >= 4 is 11.9 Å². The van der Waals surface area contributed by atoms with E-state index in [-0.39, 0.29) is 11.2 Å². The Morgan fingerprint density at radius 3 is 1.90 bits per heavy atom. The summed E-state index contributed by atoms with van der Waals surface area (Å²) in [5.74, 6) is 2.29. The monoisotopic (exact) mass is 410 g/mol. The number of hydrogen-bond acceptors (Lipinski definition) is 4. The van der Waals surface area contributed by atoms with Crippen molar-refractivity contribution in [3.63, 3.8) is 0 Å². The predicted molar refractivity (Wildman–Crippen MR) is 123 cm³/mol. The highest BCUT2D eigenvalue weighted by Gasteiger charge is 2.25. The van der Waals surface area contributed by atoms with Gasteiger partial charge >= 0.3 is 0 Å². The third-order valence-corrected chi connectivity index (χ3v) is 4.56. The first-order chi connectivity index (χ1) is 14.3. The van der Waals surface area contributed by atoms with Crippen LogP contribution in [0.3, 0.4) is 0 Å². The van der Waals surface area contributed by atoms with Gasteiger partial charge in [-0.3, -0.25) is 4.79 Å². The van der Waals surface area contributed by atoms with Crippen LogP contribution in [0.1, 0.15) is 68.9 Å². The van der Waals surface area contributed by atoms with Crippen LogP contribution in [0, 0.1) is 0 Å². The Kier molecular flexibility index (Phi) is 8.52. The zero-order chi connectivity index (χ0) is 22.1. The molecular formula is C26H34O4. The van der Waals surface area contributed by atoms with E-state index in [1.54, 1.807) is 37.5 Å². The summed E-state index contributed by atoms with van der Waals surface area (Å²) in [5.41, 5.74) is 2.42.